The SMILES string of the molecule is Cc1ccc(N2CC(C(=O)N[C@H]3CCCNC3)CC2=O)cc1. The van der Waals surface area contributed by atoms with Crippen molar-refractivity contribution in [3.63, 3.8) is 0 Å². The van der Waals surface area contributed by atoms with E-state index in [0.717, 1.165) is 37.2 Å². The molecule has 2 heterocycles. The predicted octanol–water partition coefficient (Wildman–Crippen LogP) is 1.22. The Morgan fingerprint density at radius 2 is 2.09 bits per heavy atom. The molecule has 2 N–H and O–H groups in total. The van der Waals surface area contributed by atoms with E-state index in [0.29, 0.717) is 13.0 Å². The van der Waals surface area contributed by atoms with Gasteiger partial charge in [-0.2, -0.15) is 0 Å². The highest BCUT2D eigenvalue weighted by Crippen LogP contribution is 2.25. The van der Waals surface area contributed by atoms with Crippen LogP contribution in [0.15, 0.2) is 24.3 Å². The van der Waals surface area contributed by atoms with Gasteiger partial charge in [-0.3, -0.25) is 9.59 Å². The maximum Gasteiger partial charge on any atom is 0.227 e. The summed E-state index contributed by atoms with van der Waals surface area (Å²) in [4.78, 5) is 26.3. The van der Waals surface area contributed by atoms with Gasteiger partial charge in [0.05, 0.1) is 5.92 Å². The summed E-state index contributed by atoms with van der Waals surface area (Å²) in [6.07, 6.45) is 2.41. The number of hydrogen-bond donors (Lipinski definition) is 2. The number of carbonyl (C=O) groups excluding carboxylic acids is 2. The fourth-order valence-electron chi connectivity index (χ4n) is 3.15. The molecule has 22 heavy (non-hydrogen) atoms. The Morgan fingerprint density at radius 3 is 2.77 bits per heavy atom. The molecular formula is C17H23N3O2. The Hall–Kier alpha value is -1.88. The molecule has 0 saturated carbocycles. The average Bonchev–Trinajstić information content (AvgIpc) is 2.91. The van der Waals surface area contributed by atoms with Crippen molar-refractivity contribution >= 4 is 17.5 Å². The van der Waals surface area contributed by atoms with Crippen LogP contribution in [0.1, 0.15) is 24.8 Å². The molecule has 0 bridgehead atoms. The second-order valence-electron chi connectivity index (χ2n) is 6.29. The smallest absolute Gasteiger partial charge is 0.227 e. The van der Waals surface area contributed by atoms with Gasteiger partial charge < -0.3 is 15.5 Å². The van der Waals surface area contributed by atoms with Gasteiger partial charge in [-0.1, -0.05) is 17.7 Å². The van der Waals surface area contributed by atoms with E-state index in [2.05, 4.69) is 10.6 Å². The van der Waals surface area contributed by atoms with Gasteiger partial charge in [0.2, 0.25) is 11.8 Å². The molecule has 2 amide bonds. The van der Waals surface area contributed by atoms with Gasteiger partial charge in [-0.15, -0.1) is 0 Å². The molecule has 2 saturated heterocycles. The number of piperidine rings is 1. The lowest BCUT2D eigenvalue weighted by Gasteiger charge is -2.25. The molecule has 0 aliphatic carbocycles. The first-order chi connectivity index (χ1) is 10.6. The fraction of sp³-hybridized carbons (Fsp3) is 0.529. The maximum absolute atomic E-state index is 12.4. The van der Waals surface area contributed by atoms with Crippen molar-refractivity contribution in [1.82, 2.24) is 10.6 Å². The number of aryl methyl sites for hydroxylation is 1. The molecule has 118 valence electrons. The van der Waals surface area contributed by atoms with Crippen LogP contribution in [0.25, 0.3) is 0 Å². The normalized spacial score (nSPS) is 25.3. The molecule has 2 aliphatic heterocycles. The lowest BCUT2D eigenvalue weighted by molar-refractivity contribution is -0.127. The lowest BCUT2D eigenvalue weighted by Crippen LogP contribution is -2.47. The number of anilines is 1. The number of nitrogens with one attached hydrogen (secondary N) is 2. The summed E-state index contributed by atoms with van der Waals surface area (Å²) < 4.78 is 0. The molecule has 0 radical (unpaired) electrons. The standard InChI is InChI=1S/C17H23N3O2/c1-12-4-6-15(7-5-12)20-11-13(9-16(20)21)17(22)19-14-3-2-8-18-10-14/h4-7,13-14,18H,2-3,8-11H2,1H3,(H,19,22)/t13?,14-/m0/s1. The van der Waals surface area contributed by atoms with Crippen molar-refractivity contribution in [3.8, 4) is 0 Å². The molecule has 1 aromatic rings. The summed E-state index contributed by atoms with van der Waals surface area (Å²) in [7, 11) is 0. The van der Waals surface area contributed by atoms with Gasteiger partial charge in [0.25, 0.3) is 0 Å². The zero-order valence-electron chi connectivity index (χ0n) is 13.0. The van der Waals surface area contributed by atoms with E-state index in [-0.39, 0.29) is 23.8 Å². The van der Waals surface area contributed by atoms with Gasteiger partial charge in [0.15, 0.2) is 0 Å². The average molecular weight is 301 g/mol. The third-order valence-corrected chi connectivity index (χ3v) is 4.48. The lowest BCUT2D eigenvalue weighted by atomic mass is 10.0. The zero-order chi connectivity index (χ0) is 15.5. The number of carbonyl (C=O) groups is 2. The molecule has 1 unspecified atom stereocenters. The summed E-state index contributed by atoms with van der Waals surface area (Å²) in [5.74, 6) is -0.196. The van der Waals surface area contributed by atoms with Crippen LogP contribution in [0.2, 0.25) is 0 Å². The number of benzene rings is 1. The molecular weight excluding hydrogens is 278 g/mol. The van der Waals surface area contributed by atoms with Gasteiger partial charge in [-0.25, -0.2) is 0 Å². The number of hydrogen-bond acceptors (Lipinski definition) is 3. The molecule has 2 fully saturated rings. The van der Waals surface area contributed by atoms with Gasteiger partial charge in [0, 0.05) is 31.2 Å². The number of amides is 2. The molecule has 2 aliphatic rings. The Kier molecular flexibility index (Phi) is 4.43. The van der Waals surface area contributed by atoms with Crippen LogP contribution < -0.4 is 15.5 Å². The largest absolute Gasteiger partial charge is 0.352 e. The summed E-state index contributed by atoms with van der Waals surface area (Å²) >= 11 is 0. The van der Waals surface area contributed by atoms with Crippen LogP contribution in [-0.4, -0.2) is 37.5 Å². The van der Waals surface area contributed by atoms with Gasteiger partial charge >= 0.3 is 0 Å². The summed E-state index contributed by atoms with van der Waals surface area (Å²) in [5.41, 5.74) is 2.04. The van der Waals surface area contributed by atoms with Crippen LogP contribution in [0.4, 0.5) is 5.69 Å². The first-order valence-corrected chi connectivity index (χ1v) is 8.01. The Morgan fingerprint density at radius 1 is 1.32 bits per heavy atom. The Labute approximate surface area is 131 Å². The number of nitrogens with zero attached hydrogens (tertiary/aromatic N) is 1. The maximum atomic E-state index is 12.4. The van der Waals surface area contributed by atoms with E-state index in [1.807, 2.05) is 31.2 Å². The third-order valence-electron chi connectivity index (χ3n) is 4.48. The minimum Gasteiger partial charge on any atom is -0.352 e. The van der Waals surface area contributed by atoms with Crippen molar-refractivity contribution in [2.45, 2.75) is 32.2 Å². The highest BCUT2D eigenvalue weighted by Gasteiger charge is 2.35. The Bertz CT molecular complexity index is 550. The van der Waals surface area contributed by atoms with Crippen molar-refractivity contribution in [1.29, 1.82) is 0 Å². The molecule has 2 atom stereocenters. The highest BCUT2D eigenvalue weighted by molar-refractivity contribution is 6.00. The molecule has 0 aromatic heterocycles. The molecule has 5 heteroatoms. The van der Waals surface area contributed by atoms with E-state index >= 15 is 0 Å². The topological polar surface area (TPSA) is 61.4 Å². The van der Waals surface area contributed by atoms with Crippen molar-refractivity contribution in [2.24, 2.45) is 5.92 Å². The van der Waals surface area contributed by atoms with E-state index in [1.165, 1.54) is 0 Å². The van der Waals surface area contributed by atoms with Crippen LogP contribution >= 0.6 is 0 Å². The summed E-state index contributed by atoms with van der Waals surface area (Å²) in [5, 5.41) is 6.37. The van der Waals surface area contributed by atoms with E-state index in [1.54, 1.807) is 4.90 Å². The second kappa shape index (κ2) is 6.48. The van der Waals surface area contributed by atoms with Gasteiger partial charge in [0.1, 0.15) is 0 Å². The highest BCUT2D eigenvalue weighted by atomic mass is 16.2. The van der Waals surface area contributed by atoms with Crippen LogP contribution in [0.3, 0.4) is 0 Å². The predicted molar refractivity (Wildman–Crippen MR) is 85.7 cm³/mol. The first kappa shape index (κ1) is 15.0. The zero-order valence-corrected chi connectivity index (χ0v) is 13.0. The molecule has 0 spiro atoms. The monoisotopic (exact) mass is 301 g/mol. The van der Waals surface area contributed by atoms with Gasteiger partial charge in [-0.05, 0) is 38.4 Å². The van der Waals surface area contributed by atoms with Crippen LogP contribution in [-0.2, 0) is 9.59 Å². The molecule has 3 rings (SSSR count). The summed E-state index contributed by atoms with van der Waals surface area (Å²) in [6.45, 7) is 4.35. The van der Waals surface area contributed by atoms with E-state index in [9.17, 15) is 9.59 Å². The minimum atomic E-state index is -0.240. The van der Waals surface area contributed by atoms with Crippen molar-refractivity contribution in [3.05, 3.63) is 29.8 Å². The number of rotatable bonds is 3. The first-order valence-electron chi connectivity index (χ1n) is 8.01. The summed E-state index contributed by atoms with van der Waals surface area (Å²) in [6, 6.07) is 8.06. The molecule has 1 aromatic carbocycles. The third kappa shape index (κ3) is 3.30. The van der Waals surface area contributed by atoms with Crippen molar-refractivity contribution in [2.75, 3.05) is 24.5 Å². The minimum absolute atomic E-state index is 0.0108. The van der Waals surface area contributed by atoms with E-state index in [4.69, 9.17) is 0 Å². The van der Waals surface area contributed by atoms with E-state index < -0.39 is 0 Å². The van der Waals surface area contributed by atoms with Crippen molar-refractivity contribution < 1.29 is 9.59 Å². The second-order valence-corrected chi connectivity index (χ2v) is 6.29. The Balaban J connectivity index is 1.61. The fourth-order valence-corrected chi connectivity index (χ4v) is 3.15. The molecule has 5 nitrogen and oxygen atoms in total. The quantitative estimate of drug-likeness (QED) is 0.882. The van der Waals surface area contributed by atoms with Crippen LogP contribution in [0, 0.1) is 12.8 Å². The van der Waals surface area contributed by atoms with Crippen LogP contribution in [0.5, 0.6) is 0 Å².